The van der Waals surface area contributed by atoms with Gasteiger partial charge in [0.2, 0.25) is 5.91 Å². The number of benzene rings is 1. The predicted octanol–water partition coefficient (Wildman–Crippen LogP) is 3.22. The van der Waals surface area contributed by atoms with Crippen molar-refractivity contribution in [2.45, 2.75) is 49.6 Å². The zero-order valence-electron chi connectivity index (χ0n) is 11.5. The summed E-state index contributed by atoms with van der Waals surface area (Å²) in [4.78, 5) is 14.4. The number of hydrogen-bond donors (Lipinski definition) is 0. The van der Waals surface area contributed by atoms with E-state index in [1.165, 1.54) is 0 Å². The van der Waals surface area contributed by atoms with Crippen molar-refractivity contribution in [3.05, 3.63) is 30.3 Å². The molecule has 0 aromatic heterocycles. The van der Waals surface area contributed by atoms with Gasteiger partial charge in [-0.2, -0.15) is 0 Å². The first-order valence-corrected chi connectivity index (χ1v) is 7.81. The van der Waals surface area contributed by atoms with Gasteiger partial charge in [-0.1, -0.05) is 18.2 Å². The molecule has 0 aliphatic carbocycles. The predicted molar refractivity (Wildman–Crippen MR) is 79.1 cm³/mol. The molecule has 2 heterocycles. The number of fused-ring (bicyclic) bond motifs is 2. The number of alkyl halides is 1. The van der Waals surface area contributed by atoms with Crippen LogP contribution in [0.4, 0.5) is 0 Å². The minimum absolute atomic E-state index is 0.219. The topological polar surface area (TPSA) is 29.5 Å². The summed E-state index contributed by atoms with van der Waals surface area (Å²) in [6.45, 7) is 0.448. The first-order valence-electron chi connectivity index (χ1n) is 7.37. The Labute approximate surface area is 124 Å². The molecule has 2 bridgehead atoms. The molecule has 1 amide bonds. The van der Waals surface area contributed by atoms with E-state index in [1.54, 1.807) is 0 Å². The van der Waals surface area contributed by atoms with Gasteiger partial charge in [-0.25, -0.2) is 0 Å². The molecule has 0 radical (unpaired) electrons. The Kier molecular flexibility index (Phi) is 4.16. The third-order valence-corrected chi connectivity index (χ3v) is 4.65. The van der Waals surface area contributed by atoms with Crippen LogP contribution in [0.3, 0.4) is 0 Å². The molecule has 2 fully saturated rings. The zero-order valence-corrected chi connectivity index (χ0v) is 12.3. The molecule has 2 atom stereocenters. The summed E-state index contributed by atoms with van der Waals surface area (Å²) in [6, 6.07) is 10.4. The highest BCUT2D eigenvalue weighted by molar-refractivity contribution is 6.20. The summed E-state index contributed by atoms with van der Waals surface area (Å²) in [5.74, 6) is 1.04. The van der Waals surface area contributed by atoms with E-state index in [1.807, 2.05) is 30.3 Å². The van der Waals surface area contributed by atoms with Crippen LogP contribution in [0.5, 0.6) is 5.75 Å². The maximum Gasteiger partial charge on any atom is 0.226 e. The van der Waals surface area contributed by atoms with E-state index in [4.69, 9.17) is 16.3 Å². The van der Waals surface area contributed by atoms with Gasteiger partial charge in [-0.3, -0.25) is 4.79 Å². The lowest BCUT2D eigenvalue weighted by Crippen LogP contribution is -2.47. The summed E-state index contributed by atoms with van der Waals surface area (Å²) in [6.07, 6.45) is 4.57. The van der Waals surface area contributed by atoms with E-state index in [2.05, 4.69) is 4.90 Å². The lowest BCUT2D eigenvalue weighted by molar-refractivity contribution is -0.135. The molecular weight excluding hydrogens is 274 g/mol. The van der Waals surface area contributed by atoms with Gasteiger partial charge in [0.15, 0.2) is 0 Å². The lowest BCUT2D eigenvalue weighted by Gasteiger charge is -2.37. The fourth-order valence-corrected chi connectivity index (χ4v) is 3.83. The van der Waals surface area contributed by atoms with Gasteiger partial charge in [-0.05, 0) is 37.8 Å². The molecule has 108 valence electrons. The maximum atomic E-state index is 12.4. The van der Waals surface area contributed by atoms with Gasteiger partial charge in [0.1, 0.15) is 5.75 Å². The number of nitrogens with zero attached hydrogens (tertiary/aromatic N) is 1. The van der Waals surface area contributed by atoms with Crippen LogP contribution in [0, 0.1) is 0 Å². The van der Waals surface area contributed by atoms with E-state index >= 15 is 0 Å². The monoisotopic (exact) mass is 293 g/mol. The van der Waals surface area contributed by atoms with Gasteiger partial charge in [0.05, 0.1) is 13.0 Å². The Morgan fingerprint density at radius 1 is 1.20 bits per heavy atom. The molecule has 4 heteroatoms. The number of halogens is 1. The number of carbonyl (C=O) groups excluding carboxylic acids is 1. The summed E-state index contributed by atoms with van der Waals surface area (Å²) >= 11 is 6.24. The van der Waals surface area contributed by atoms with Gasteiger partial charge >= 0.3 is 0 Å². The second kappa shape index (κ2) is 6.04. The molecule has 1 aromatic carbocycles. The first-order chi connectivity index (χ1) is 9.74. The standard InChI is InChI=1S/C16H20ClNO2/c17-12-10-13-6-7-14(11-12)18(13)16(19)8-9-20-15-4-2-1-3-5-15/h1-5,12-14H,6-11H2. The van der Waals surface area contributed by atoms with Gasteiger partial charge in [-0.15, -0.1) is 11.6 Å². The third kappa shape index (κ3) is 2.93. The van der Waals surface area contributed by atoms with Crippen molar-refractivity contribution in [1.29, 1.82) is 0 Å². The van der Waals surface area contributed by atoms with Gasteiger partial charge < -0.3 is 9.64 Å². The minimum Gasteiger partial charge on any atom is -0.493 e. The highest BCUT2D eigenvalue weighted by Crippen LogP contribution is 2.38. The summed E-state index contributed by atoms with van der Waals surface area (Å²) in [7, 11) is 0. The van der Waals surface area contributed by atoms with Crippen LogP contribution in [0.2, 0.25) is 0 Å². The molecule has 0 N–H and O–H groups in total. The van der Waals surface area contributed by atoms with E-state index in [0.717, 1.165) is 31.4 Å². The van der Waals surface area contributed by atoms with Crippen molar-refractivity contribution < 1.29 is 9.53 Å². The quantitative estimate of drug-likeness (QED) is 0.798. The normalized spacial score (nSPS) is 28.4. The summed E-state index contributed by atoms with van der Waals surface area (Å²) < 4.78 is 5.61. The molecule has 3 nitrogen and oxygen atoms in total. The molecular formula is C16H20ClNO2. The number of piperidine rings is 1. The Bertz CT molecular complexity index is 451. The Morgan fingerprint density at radius 2 is 1.85 bits per heavy atom. The van der Waals surface area contributed by atoms with Crippen molar-refractivity contribution in [1.82, 2.24) is 4.90 Å². The van der Waals surface area contributed by atoms with Crippen LogP contribution >= 0.6 is 11.6 Å². The van der Waals surface area contributed by atoms with Crippen molar-refractivity contribution in [3.63, 3.8) is 0 Å². The largest absolute Gasteiger partial charge is 0.493 e. The van der Waals surface area contributed by atoms with Crippen LogP contribution < -0.4 is 4.74 Å². The van der Waals surface area contributed by atoms with Crippen LogP contribution in [-0.4, -0.2) is 34.9 Å². The van der Waals surface area contributed by atoms with E-state index < -0.39 is 0 Å². The molecule has 2 aliphatic rings. The Balaban J connectivity index is 1.50. The Hall–Kier alpha value is -1.22. The summed E-state index contributed by atoms with van der Waals surface area (Å²) in [5, 5.41) is 0.247. The molecule has 3 rings (SSSR count). The number of hydrogen-bond acceptors (Lipinski definition) is 2. The molecule has 1 aromatic rings. The first kappa shape index (κ1) is 13.7. The fourth-order valence-electron chi connectivity index (χ4n) is 3.42. The number of ether oxygens (including phenoxy) is 1. The van der Waals surface area contributed by atoms with Crippen LogP contribution in [0.15, 0.2) is 30.3 Å². The van der Waals surface area contributed by atoms with Crippen LogP contribution in [-0.2, 0) is 4.79 Å². The smallest absolute Gasteiger partial charge is 0.226 e. The molecule has 2 aliphatic heterocycles. The van der Waals surface area contributed by atoms with Crippen molar-refractivity contribution in [2.75, 3.05) is 6.61 Å². The number of carbonyl (C=O) groups is 1. The second-order valence-electron chi connectivity index (χ2n) is 5.67. The lowest BCUT2D eigenvalue weighted by atomic mass is 10.0. The highest BCUT2D eigenvalue weighted by atomic mass is 35.5. The summed E-state index contributed by atoms with van der Waals surface area (Å²) in [5.41, 5.74) is 0. The minimum atomic E-state index is 0.219. The van der Waals surface area contributed by atoms with E-state index in [9.17, 15) is 4.79 Å². The van der Waals surface area contributed by atoms with Crippen molar-refractivity contribution in [2.24, 2.45) is 0 Å². The molecule has 0 saturated carbocycles. The zero-order chi connectivity index (χ0) is 13.9. The van der Waals surface area contributed by atoms with E-state index in [-0.39, 0.29) is 11.3 Å². The number of para-hydroxylation sites is 1. The average molecular weight is 294 g/mol. The maximum absolute atomic E-state index is 12.4. The van der Waals surface area contributed by atoms with Gasteiger partial charge in [0.25, 0.3) is 0 Å². The molecule has 2 saturated heterocycles. The SMILES string of the molecule is O=C(CCOc1ccccc1)N1C2CCC1CC(Cl)C2. The molecule has 0 spiro atoms. The highest BCUT2D eigenvalue weighted by Gasteiger charge is 2.42. The van der Waals surface area contributed by atoms with Crippen LogP contribution in [0.25, 0.3) is 0 Å². The van der Waals surface area contributed by atoms with Crippen molar-refractivity contribution >= 4 is 17.5 Å². The van der Waals surface area contributed by atoms with Gasteiger partial charge in [0, 0.05) is 17.5 Å². The average Bonchev–Trinajstić information content (AvgIpc) is 2.72. The third-order valence-electron chi connectivity index (χ3n) is 4.29. The van der Waals surface area contributed by atoms with Crippen LogP contribution in [0.1, 0.15) is 32.1 Å². The fraction of sp³-hybridized carbons (Fsp3) is 0.562. The number of amides is 1. The number of rotatable bonds is 4. The van der Waals surface area contributed by atoms with Crippen molar-refractivity contribution in [3.8, 4) is 5.75 Å². The van der Waals surface area contributed by atoms with E-state index in [0.29, 0.717) is 25.1 Å². The molecule has 20 heavy (non-hydrogen) atoms. The Morgan fingerprint density at radius 3 is 2.50 bits per heavy atom. The second-order valence-corrected chi connectivity index (χ2v) is 6.28. The molecule has 2 unspecified atom stereocenters.